The standard InChI is InChI=1S/C16H23N3O/c1-9(20)14-12(16(2,3)4)11-13-10(7-6-8-17-13)18-15(11)19(14)5/h6-8,11-12,14-15,18H,1-5H3. The molecule has 0 amide bonds. The summed E-state index contributed by atoms with van der Waals surface area (Å²) in [6, 6.07) is 4.01. The van der Waals surface area contributed by atoms with Gasteiger partial charge in [-0.15, -0.1) is 0 Å². The Kier molecular flexibility index (Phi) is 2.91. The summed E-state index contributed by atoms with van der Waals surface area (Å²) in [6.07, 6.45) is 2.03. The number of carbonyl (C=O) groups excluding carboxylic acids is 1. The molecule has 4 nitrogen and oxygen atoms in total. The van der Waals surface area contributed by atoms with E-state index in [0.29, 0.717) is 0 Å². The van der Waals surface area contributed by atoms with E-state index in [0.717, 1.165) is 11.4 Å². The van der Waals surface area contributed by atoms with E-state index in [9.17, 15) is 4.79 Å². The minimum atomic E-state index is -0.0346. The average Bonchev–Trinajstić information content (AvgIpc) is 2.84. The molecule has 108 valence electrons. The van der Waals surface area contributed by atoms with Gasteiger partial charge in [0, 0.05) is 12.1 Å². The van der Waals surface area contributed by atoms with E-state index in [1.165, 1.54) is 0 Å². The second kappa shape index (κ2) is 4.29. The van der Waals surface area contributed by atoms with E-state index < -0.39 is 0 Å². The lowest BCUT2D eigenvalue weighted by Gasteiger charge is -2.35. The van der Waals surface area contributed by atoms with Gasteiger partial charge in [-0.05, 0) is 37.4 Å². The van der Waals surface area contributed by atoms with Gasteiger partial charge < -0.3 is 5.32 Å². The van der Waals surface area contributed by atoms with Gasteiger partial charge in [0.15, 0.2) is 0 Å². The van der Waals surface area contributed by atoms with Crippen molar-refractivity contribution in [2.45, 2.75) is 45.8 Å². The Bertz CT molecular complexity index is 549. The summed E-state index contributed by atoms with van der Waals surface area (Å²) in [7, 11) is 2.05. The van der Waals surface area contributed by atoms with Crippen LogP contribution in [0.4, 0.5) is 5.69 Å². The molecule has 0 bridgehead atoms. The minimum Gasteiger partial charge on any atom is -0.367 e. The lowest BCUT2D eigenvalue weighted by Crippen LogP contribution is -2.43. The van der Waals surface area contributed by atoms with Crippen molar-refractivity contribution in [3.8, 4) is 0 Å². The van der Waals surface area contributed by atoms with Crippen molar-refractivity contribution in [2.75, 3.05) is 12.4 Å². The first-order valence-electron chi connectivity index (χ1n) is 7.26. The van der Waals surface area contributed by atoms with Gasteiger partial charge in [0.1, 0.15) is 5.78 Å². The van der Waals surface area contributed by atoms with E-state index in [2.05, 4.69) is 42.0 Å². The summed E-state index contributed by atoms with van der Waals surface area (Å²) in [5.41, 5.74) is 2.30. The number of carbonyl (C=O) groups is 1. The third-order valence-electron chi connectivity index (χ3n) is 4.82. The number of aromatic nitrogens is 1. The number of nitrogens with zero attached hydrogens (tertiary/aromatic N) is 2. The molecule has 4 heteroatoms. The van der Waals surface area contributed by atoms with Crippen molar-refractivity contribution in [3.63, 3.8) is 0 Å². The van der Waals surface area contributed by atoms with Gasteiger partial charge in [0.25, 0.3) is 0 Å². The van der Waals surface area contributed by atoms with Crippen LogP contribution in [0, 0.1) is 11.3 Å². The van der Waals surface area contributed by atoms with Crippen LogP contribution in [0.3, 0.4) is 0 Å². The van der Waals surface area contributed by atoms with E-state index in [1.807, 2.05) is 19.3 Å². The predicted octanol–water partition coefficient (Wildman–Crippen LogP) is 2.48. The van der Waals surface area contributed by atoms with Crippen molar-refractivity contribution in [2.24, 2.45) is 11.3 Å². The molecule has 1 saturated heterocycles. The highest BCUT2D eigenvalue weighted by Crippen LogP contribution is 2.53. The number of hydrogen-bond acceptors (Lipinski definition) is 4. The maximum Gasteiger partial charge on any atom is 0.147 e. The molecular formula is C16H23N3O. The number of Topliss-reactive ketones (excluding diaryl/α,β-unsaturated/α-hetero) is 1. The molecule has 4 atom stereocenters. The number of pyridine rings is 1. The van der Waals surface area contributed by atoms with Crippen molar-refractivity contribution in [3.05, 3.63) is 24.0 Å². The molecule has 20 heavy (non-hydrogen) atoms. The largest absolute Gasteiger partial charge is 0.367 e. The molecule has 0 spiro atoms. The molecule has 1 aromatic rings. The Morgan fingerprint density at radius 2 is 2.10 bits per heavy atom. The summed E-state index contributed by atoms with van der Waals surface area (Å²) in [6.45, 7) is 8.39. The normalized spacial score (nSPS) is 32.6. The quantitative estimate of drug-likeness (QED) is 0.854. The van der Waals surface area contributed by atoms with Gasteiger partial charge in [-0.2, -0.15) is 0 Å². The highest BCUT2D eigenvalue weighted by atomic mass is 16.1. The number of fused-ring (bicyclic) bond motifs is 3. The van der Waals surface area contributed by atoms with Gasteiger partial charge in [-0.3, -0.25) is 14.7 Å². The molecule has 4 unspecified atom stereocenters. The molecule has 1 N–H and O–H groups in total. The van der Waals surface area contributed by atoms with E-state index in [-0.39, 0.29) is 35.2 Å². The van der Waals surface area contributed by atoms with Crippen LogP contribution in [0.2, 0.25) is 0 Å². The summed E-state index contributed by atoms with van der Waals surface area (Å²) in [4.78, 5) is 19.0. The first-order valence-corrected chi connectivity index (χ1v) is 7.26. The molecule has 0 aliphatic carbocycles. The monoisotopic (exact) mass is 273 g/mol. The van der Waals surface area contributed by atoms with Crippen LogP contribution in [0.25, 0.3) is 0 Å². The molecular weight excluding hydrogens is 250 g/mol. The van der Waals surface area contributed by atoms with Crippen LogP contribution < -0.4 is 5.32 Å². The van der Waals surface area contributed by atoms with Gasteiger partial charge in [-0.1, -0.05) is 20.8 Å². The number of anilines is 1. The van der Waals surface area contributed by atoms with Crippen LogP contribution in [0.5, 0.6) is 0 Å². The summed E-state index contributed by atoms with van der Waals surface area (Å²) in [5.74, 6) is 0.810. The number of likely N-dealkylation sites (tertiary alicyclic amines) is 1. The van der Waals surface area contributed by atoms with Crippen LogP contribution in [0.15, 0.2) is 18.3 Å². The molecule has 3 heterocycles. The van der Waals surface area contributed by atoms with Crippen LogP contribution in [-0.4, -0.2) is 34.9 Å². The van der Waals surface area contributed by atoms with Crippen molar-refractivity contribution in [1.29, 1.82) is 0 Å². The van der Waals surface area contributed by atoms with Gasteiger partial charge in [0.2, 0.25) is 0 Å². The van der Waals surface area contributed by atoms with Crippen molar-refractivity contribution >= 4 is 11.5 Å². The van der Waals surface area contributed by atoms with Gasteiger partial charge in [0.05, 0.1) is 23.6 Å². The maximum atomic E-state index is 12.2. The Balaban J connectivity index is 2.11. The highest BCUT2D eigenvalue weighted by molar-refractivity contribution is 5.83. The summed E-state index contributed by atoms with van der Waals surface area (Å²) < 4.78 is 0. The van der Waals surface area contributed by atoms with Crippen LogP contribution in [-0.2, 0) is 4.79 Å². The second-order valence-electron chi connectivity index (χ2n) is 7.16. The zero-order chi connectivity index (χ0) is 14.7. The second-order valence-corrected chi connectivity index (χ2v) is 7.16. The topological polar surface area (TPSA) is 45.2 Å². The van der Waals surface area contributed by atoms with E-state index in [1.54, 1.807) is 6.92 Å². The zero-order valence-corrected chi connectivity index (χ0v) is 12.8. The molecule has 1 aromatic heterocycles. The van der Waals surface area contributed by atoms with Gasteiger partial charge >= 0.3 is 0 Å². The lowest BCUT2D eigenvalue weighted by atomic mass is 9.69. The van der Waals surface area contributed by atoms with Crippen LogP contribution >= 0.6 is 0 Å². The fourth-order valence-electron chi connectivity index (χ4n) is 4.10. The van der Waals surface area contributed by atoms with Crippen LogP contribution in [0.1, 0.15) is 39.3 Å². The summed E-state index contributed by atoms with van der Waals surface area (Å²) >= 11 is 0. The predicted molar refractivity (Wildman–Crippen MR) is 79.6 cm³/mol. The minimum absolute atomic E-state index is 0.0346. The Hall–Kier alpha value is -1.42. The molecule has 2 aliphatic rings. The van der Waals surface area contributed by atoms with Crippen molar-refractivity contribution in [1.82, 2.24) is 9.88 Å². The van der Waals surface area contributed by atoms with E-state index >= 15 is 0 Å². The smallest absolute Gasteiger partial charge is 0.147 e. The Morgan fingerprint density at radius 3 is 2.70 bits per heavy atom. The molecule has 0 radical (unpaired) electrons. The molecule has 2 aliphatic heterocycles. The summed E-state index contributed by atoms with van der Waals surface area (Å²) in [5, 5.41) is 3.54. The third kappa shape index (κ3) is 1.78. The molecule has 3 rings (SSSR count). The number of ketones is 1. The molecule has 1 fully saturated rings. The first kappa shape index (κ1) is 13.6. The number of likely N-dealkylation sites (N-methyl/N-ethyl adjacent to an activating group) is 1. The number of nitrogens with one attached hydrogen (secondary N) is 1. The Morgan fingerprint density at radius 1 is 1.40 bits per heavy atom. The zero-order valence-electron chi connectivity index (χ0n) is 12.8. The fraction of sp³-hybridized carbons (Fsp3) is 0.625. The molecule has 0 saturated carbocycles. The average molecular weight is 273 g/mol. The van der Waals surface area contributed by atoms with E-state index in [4.69, 9.17) is 0 Å². The maximum absolute atomic E-state index is 12.2. The third-order valence-corrected chi connectivity index (χ3v) is 4.82. The highest BCUT2D eigenvalue weighted by Gasteiger charge is 2.57. The number of hydrogen-bond donors (Lipinski definition) is 1. The fourth-order valence-corrected chi connectivity index (χ4v) is 4.10. The Labute approximate surface area is 120 Å². The lowest BCUT2D eigenvalue weighted by molar-refractivity contribution is -0.123. The first-order chi connectivity index (χ1) is 9.32. The number of rotatable bonds is 1. The van der Waals surface area contributed by atoms with Gasteiger partial charge in [-0.25, -0.2) is 0 Å². The van der Waals surface area contributed by atoms with Crippen molar-refractivity contribution < 1.29 is 4.79 Å². The SMILES string of the molecule is CC(=O)C1C(C(C)(C)C)C2c3ncccc3NC2N1C. The molecule has 0 aromatic carbocycles.